The molecule has 1 aromatic carbocycles. The number of thioether (sulfide) groups is 1. The SMILES string of the molecule is CSC1(CNc2ccc(C#N)c(N)c2)CCC1. The number of nitrogen functional groups attached to an aromatic ring is 1. The molecular formula is C13H17N3S. The molecule has 0 atom stereocenters. The van der Waals surface area contributed by atoms with E-state index in [-0.39, 0.29) is 0 Å². The Hall–Kier alpha value is -1.34. The van der Waals surface area contributed by atoms with E-state index in [2.05, 4.69) is 17.6 Å². The molecule has 2 rings (SSSR count). The molecule has 3 nitrogen and oxygen atoms in total. The zero-order valence-corrected chi connectivity index (χ0v) is 10.8. The van der Waals surface area contributed by atoms with Crippen LogP contribution in [0.1, 0.15) is 24.8 Å². The third-order valence-corrected chi connectivity index (χ3v) is 4.90. The lowest BCUT2D eigenvalue weighted by Crippen LogP contribution is -2.40. The Balaban J connectivity index is 2.00. The molecule has 3 N–H and O–H groups in total. The van der Waals surface area contributed by atoms with Crippen molar-refractivity contribution in [1.29, 1.82) is 5.26 Å². The van der Waals surface area contributed by atoms with Gasteiger partial charge in [-0.3, -0.25) is 0 Å². The van der Waals surface area contributed by atoms with Gasteiger partial charge in [-0.15, -0.1) is 0 Å². The molecule has 4 heteroatoms. The molecule has 1 aliphatic carbocycles. The summed E-state index contributed by atoms with van der Waals surface area (Å²) >= 11 is 1.94. The molecule has 1 saturated carbocycles. The molecule has 0 amide bonds. The summed E-state index contributed by atoms with van der Waals surface area (Å²) in [5.41, 5.74) is 7.87. The van der Waals surface area contributed by atoms with E-state index in [0.717, 1.165) is 12.2 Å². The average molecular weight is 247 g/mol. The van der Waals surface area contributed by atoms with Crippen LogP contribution in [0.25, 0.3) is 0 Å². The topological polar surface area (TPSA) is 61.8 Å². The molecule has 0 unspecified atom stereocenters. The van der Waals surface area contributed by atoms with E-state index >= 15 is 0 Å². The van der Waals surface area contributed by atoms with E-state index < -0.39 is 0 Å². The molecule has 90 valence electrons. The fourth-order valence-corrected chi connectivity index (χ4v) is 2.98. The molecule has 0 bridgehead atoms. The number of hydrogen-bond donors (Lipinski definition) is 2. The molecule has 0 heterocycles. The maximum absolute atomic E-state index is 8.80. The van der Waals surface area contributed by atoms with Gasteiger partial charge in [0, 0.05) is 17.0 Å². The highest BCUT2D eigenvalue weighted by Crippen LogP contribution is 2.42. The lowest BCUT2D eigenvalue weighted by atomic mass is 9.84. The zero-order chi connectivity index (χ0) is 12.3. The molecule has 0 saturated heterocycles. The van der Waals surface area contributed by atoms with Gasteiger partial charge in [0.2, 0.25) is 0 Å². The first kappa shape index (κ1) is 12.1. The Labute approximate surface area is 106 Å². The highest BCUT2D eigenvalue weighted by molar-refractivity contribution is 8.00. The largest absolute Gasteiger partial charge is 0.398 e. The van der Waals surface area contributed by atoms with Crippen molar-refractivity contribution in [3.05, 3.63) is 23.8 Å². The maximum atomic E-state index is 8.80. The van der Waals surface area contributed by atoms with Crippen molar-refractivity contribution >= 4 is 23.1 Å². The third kappa shape index (κ3) is 2.50. The molecule has 1 fully saturated rings. The van der Waals surface area contributed by atoms with Gasteiger partial charge in [-0.25, -0.2) is 0 Å². The maximum Gasteiger partial charge on any atom is 0.101 e. The first-order valence-corrected chi connectivity index (χ1v) is 7.00. The normalized spacial score (nSPS) is 16.9. The van der Waals surface area contributed by atoms with Crippen LogP contribution in [0.15, 0.2) is 18.2 Å². The predicted octanol–water partition coefficient (Wildman–Crippen LogP) is 2.84. The van der Waals surface area contributed by atoms with Gasteiger partial charge in [0.05, 0.1) is 11.3 Å². The van der Waals surface area contributed by atoms with Gasteiger partial charge < -0.3 is 11.1 Å². The van der Waals surface area contributed by atoms with Crippen molar-refractivity contribution in [2.45, 2.75) is 24.0 Å². The van der Waals surface area contributed by atoms with E-state index in [4.69, 9.17) is 11.0 Å². The molecule has 0 aromatic heterocycles. The predicted molar refractivity (Wildman–Crippen MR) is 74.2 cm³/mol. The second-order valence-electron chi connectivity index (χ2n) is 4.51. The standard InChI is InChI=1S/C13H17N3S/c1-17-13(5-2-6-13)9-16-11-4-3-10(8-14)12(15)7-11/h3-4,7,16H,2,5-6,9,15H2,1H3. The van der Waals surface area contributed by atoms with Crippen molar-refractivity contribution in [3.63, 3.8) is 0 Å². The third-order valence-electron chi connectivity index (χ3n) is 3.48. The average Bonchev–Trinajstić information content (AvgIpc) is 2.28. The van der Waals surface area contributed by atoms with Gasteiger partial charge in [0.15, 0.2) is 0 Å². The van der Waals surface area contributed by atoms with Gasteiger partial charge in [-0.2, -0.15) is 17.0 Å². The molecule has 17 heavy (non-hydrogen) atoms. The van der Waals surface area contributed by atoms with Crippen LogP contribution < -0.4 is 11.1 Å². The number of nitriles is 1. The lowest BCUT2D eigenvalue weighted by Gasteiger charge is -2.40. The summed E-state index contributed by atoms with van der Waals surface area (Å²) in [6, 6.07) is 7.60. The monoisotopic (exact) mass is 247 g/mol. The fourth-order valence-electron chi connectivity index (χ4n) is 2.06. The second-order valence-corrected chi connectivity index (χ2v) is 5.78. The highest BCUT2D eigenvalue weighted by atomic mass is 32.2. The summed E-state index contributed by atoms with van der Waals surface area (Å²) in [4.78, 5) is 0. The van der Waals surface area contributed by atoms with Gasteiger partial charge in [-0.05, 0) is 37.3 Å². The number of rotatable bonds is 4. The van der Waals surface area contributed by atoms with E-state index in [1.165, 1.54) is 19.3 Å². The fraction of sp³-hybridized carbons (Fsp3) is 0.462. The lowest BCUT2D eigenvalue weighted by molar-refractivity contribution is 0.380. The quantitative estimate of drug-likeness (QED) is 0.803. The summed E-state index contributed by atoms with van der Waals surface area (Å²) in [6.07, 6.45) is 6.08. The molecule has 0 aliphatic heterocycles. The number of nitrogens with two attached hydrogens (primary N) is 1. The van der Waals surface area contributed by atoms with Crippen LogP contribution in [0, 0.1) is 11.3 Å². The van der Waals surface area contributed by atoms with Crippen molar-refractivity contribution in [2.24, 2.45) is 0 Å². The number of nitrogens with one attached hydrogen (secondary N) is 1. The van der Waals surface area contributed by atoms with Crippen molar-refractivity contribution in [3.8, 4) is 6.07 Å². The molecule has 0 radical (unpaired) electrons. The van der Waals surface area contributed by atoms with Crippen molar-refractivity contribution in [1.82, 2.24) is 0 Å². The van der Waals surface area contributed by atoms with Crippen molar-refractivity contribution < 1.29 is 0 Å². The van der Waals surface area contributed by atoms with Crippen LogP contribution in [0.5, 0.6) is 0 Å². The number of anilines is 2. The van der Waals surface area contributed by atoms with Gasteiger partial charge in [0.1, 0.15) is 6.07 Å². The summed E-state index contributed by atoms with van der Waals surface area (Å²) in [7, 11) is 0. The number of nitrogens with zero attached hydrogens (tertiary/aromatic N) is 1. The first-order chi connectivity index (χ1) is 8.19. The van der Waals surface area contributed by atoms with Crippen molar-refractivity contribution in [2.75, 3.05) is 23.9 Å². The van der Waals surface area contributed by atoms with Crippen LogP contribution in [0.3, 0.4) is 0 Å². The van der Waals surface area contributed by atoms with E-state index in [0.29, 0.717) is 16.0 Å². The smallest absolute Gasteiger partial charge is 0.101 e. The molecular weight excluding hydrogens is 230 g/mol. The van der Waals surface area contributed by atoms with Crippen LogP contribution in [0.4, 0.5) is 11.4 Å². The summed E-state index contributed by atoms with van der Waals surface area (Å²) in [6.45, 7) is 0.972. The first-order valence-electron chi connectivity index (χ1n) is 5.78. The van der Waals surface area contributed by atoms with E-state index in [1.54, 1.807) is 6.07 Å². The molecule has 1 aromatic rings. The molecule has 1 aliphatic rings. The Kier molecular flexibility index (Phi) is 3.49. The molecule has 0 spiro atoms. The Morgan fingerprint density at radius 1 is 1.53 bits per heavy atom. The van der Waals surface area contributed by atoms with Crippen LogP contribution in [-0.2, 0) is 0 Å². The number of benzene rings is 1. The minimum Gasteiger partial charge on any atom is -0.398 e. The summed E-state index contributed by atoms with van der Waals surface area (Å²) in [5.74, 6) is 0. The van der Waals surface area contributed by atoms with Gasteiger partial charge >= 0.3 is 0 Å². The van der Waals surface area contributed by atoms with Gasteiger partial charge in [-0.1, -0.05) is 6.42 Å². The van der Waals surface area contributed by atoms with Crippen LogP contribution in [0.2, 0.25) is 0 Å². The Morgan fingerprint density at radius 2 is 2.29 bits per heavy atom. The van der Waals surface area contributed by atoms with E-state index in [1.807, 2.05) is 23.9 Å². The van der Waals surface area contributed by atoms with Gasteiger partial charge in [0.25, 0.3) is 0 Å². The summed E-state index contributed by atoms with van der Waals surface area (Å²) in [5, 5.41) is 12.2. The summed E-state index contributed by atoms with van der Waals surface area (Å²) < 4.78 is 0.405. The Morgan fingerprint density at radius 3 is 2.76 bits per heavy atom. The number of hydrogen-bond acceptors (Lipinski definition) is 4. The highest BCUT2D eigenvalue weighted by Gasteiger charge is 2.35. The second kappa shape index (κ2) is 4.89. The minimum atomic E-state index is 0.405. The van der Waals surface area contributed by atoms with E-state index in [9.17, 15) is 0 Å². The minimum absolute atomic E-state index is 0.405. The zero-order valence-electron chi connectivity index (χ0n) is 9.99. The van der Waals surface area contributed by atoms with Crippen LogP contribution >= 0.6 is 11.8 Å². The Bertz CT molecular complexity index is 441. The van der Waals surface area contributed by atoms with Crippen LogP contribution in [-0.4, -0.2) is 17.5 Å².